The van der Waals surface area contributed by atoms with Gasteiger partial charge in [-0.05, 0) is 156 Å². The molecule has 8 aromatic rings. The molecule has 15 heteroatoms. The molecule has 384 valence electrons. The summed E-state index contributed by atoms with van der Waals surface area (Å²) in [5.41, 5.74) is 9.62. The molecule has 3 N–H and O–H groups in total. The van der Waals surface area contributed by atoms with Gasteiger partial charge in [0, 0.05) is 38.8 Å². The van der Waals surface area contributed by atoms with Crippen molar-refractivity contribution in [1.29, 1.82) is 0 Å². The highest BCUT2D eigenvalue weighted by Crippen LogP contribution is 2.51. The molecule has 0 unspecified atom stereocenters. The third kappa shape index (κ3) is 9.97. The first-order valence-electron chi connectivity index (χ1n) is 26.9. The lowest BCUT2D eigenvalue weighted by Gasteiger charge is -2.34. The minimum Gasteiger partial charge on any atom is -0.478 e. The van der Waals surface area contributed by atoms with E-state index in [9.17, 15) is 20.1 Å². The van der Waals surface area contributed by atoms with Crippen molar-refractivity contribution in [2.45, 2.75) is 163 Å². The van der Waals surface area contributed by atoms with Gasteiger partial charge in [-0.3, -0.25) is 0 Å². The number of rotatable bonds is 15. The minimum absolute atomic E-state index is 0.0387. The lowest BCUT2D eigenvalue weighted by Crippen LogP contribution is -2.34. The molecule has 4 heterocycles. The first kappa shape index (κ1) is 48.5. The second kappa shape index (κ2) is 19.8. The molecule has 13 nitrogen and oxygen atoms in total. The van der Waals surface area contributed by atoms with Gasteiger partial charge in [-0.2, -0.15) is 0 Å². The van der Waals surface area contributed by atoms with Crippen molar-refractivity contribution in [3.63, 3.8) is 0 Å². The molecule has 14 rings (SSSR count). The van der Waals surface area contributed by atoms with Gasteiger partial charge in [-0.1, -0.05) is 64.9 Å². The molecular formula is C60H59N5O8S2. The van der Waals surface area contributed by atoms with Crippen LogP contribution in [0, 0.1) is 6.57 Å². The fourth-order valence-electron chi connectivity index (χ4n) is 11.3. The predicted molar refractivity (Wildman–Crippen MR) is 286 cm³/mol. The maximum atomic E-state index is 11.5. The van der Waals surface area contributed by atoms with Crippen LogP contribution in [0.25, 0.3) is 47.8 Å². The first-order valence-corrected chi connectivity index (χ1v) is 28.5. The van der Waals surface area contributed by atoms with Crippen LogP contribution in [0.3, 0.4) is 0 Å². The lowest BCUT2D eigenvalue weighted by atomic mass is 9.83. The van der Waals surface area contributed by atoms with Gasteiger partial charge in [-0.15, -0.1) is 22.7 Å². The molecule has 4 aromatic carbocycles. The number of nitrogens with zero attached hydrogens (tertiary/aromatic N) is 5. The fourth-order valence-corrected chi connectivity index (χ4v) is 13.6. The maximum Gasteiger partial charge on any atom is 0.335 e. The van der Waals surface area contributed by atoms with E-state index in [0.29, 0.717) is 73.3 Å². The average molecular weight is 1040 g/mol. The van der Waals surface area contributed by atoms with E-state index in [0.717, 1.165) is 111 Å². The standard InChI is InChI=1S/C30H29N3O3S.C30H30N2O5S/c1-31-20-10-11-25-26(16-20)37-29(32-25)30(34)14-12-21(13-15-30)35-17-24-27(33-36-28(24)19-8-9-19)23-5-3-2-4-22(23)18-6-7-18;33-28(34)19-9-10-24-25(15-19)38-29(31-24)30(35)13-11-20(12-14-30)36-16-23-26(32-37-27(23)18-7-8-18)22-4-2-1-3-21(22)17-5-6-17/h2-5,10-11,16,18-19,21,34H,6-9,12-15,17H2;1-4,9-10,15,17-18,20,35H,5-8,11-14,16H2,(H,33,34). The van der Waals surface area contributed by atoms with Crippen LogP contribution in [-0.4, -0.2) is 53.8 Å². The summed E-state index contributed by atoms with van der Waals surface area (Å²) in [7, 11) is 0. The topological polar surface area (TPSA) is 178 Å². The molecule has 4 aromatic heterocycles. The van der Waals surface area contributed by atoms with E-state index in [2.05, 4.69) is 68.7 Å². The quantitative estimate of drug-likeness (QED) is 0.0829. The van der Waals surface area contributed by atoms with Gasteiger partial charge < -0.3 is 33.8 Å². The molecule has 0 aliphatic heterocycles. The monoisotopic (exact) mass is 1040 g/mol. The average Bonchev–Trinajstić information content (AvgIpc) is 4.27. The molecule has 6 saturated carbocycles. The highest BCUT2D eigenvalue weighted by Gasteiger charge is 2.41. The fraction of sp³-hybridized carbons (Fsp3) is 0.433. The summed E-state index contributed by atoms with van der Waals surface area (Å²) in [6.07, 6.45) is 15.0. The van der Waals surface area contributed by atoms with Crippen LogP contribution in [0.2, 0.25) is 0 Å². The largest absolute Gasteiger partial charge is 0.478 e. The van der Waals surface area contributed by atoms with Gasteiger partial charge in [-0.25, -0.2) is 19.6 Å². The van der Waals surface area contributed by atoms with Crippen LogP contribution >= 0.6 is 22.7 Å². The Bertz CT molecular complexity index is 3460. The molecule has 6 aliphatic rings. The van der Waals surface area contributed by atoms with Crippen molar-refractivity contribution in [3.8, 4) is 22.5 Å². The molecule has 0 bridgehead atoms. The van der Waals surface area contributed by atoms with E-state index >= 15 is 0 Å². The van der Waals surface area contributed by atoms with Crippen molar-refractivity contribution < 1.29 is 38.6 Å². The summed E-state index contributed by atoms with van der Waals surface area (Å²) in [4.78, 5) is 24.2. The lowest BCUT2D eigenvalue weighted by molar-refractivity contribution is -0.0641. The number of aromatic carboxylic acids is 1. The highest BCUT2D eigenvalue weighted by molar-refractivity contribution is 7.19. The summed E-state index contributed by atoms with van der Waals surface area (Å²) in [5.74, 6) is 3.18. The number of hydrogen-bond acceptors (Lipinski definition) is 13. The summed E-state index contributed by atoms with van der Waals surface area (Å²) >= 11 is 2.88. The number of thiazole rings is 2. The number of carboxylic acid groups (broad SMARTS) is 1. The zero-order valence-electron chi connectivity index (χ0n) is 41.7. The Balaban J connectivity index is 0.000000144. The number of hydrogen-bond donors (Lipinski definition) is 3. The van der Waals surface area contributed by atoms with Crippen LogP contribution in [-0.2, 0) is 33.9 Å². The third-order valence-corrected chi connectivity index (χ3v) is 18.8. The summed E-state index contributed by atoms with van der Waals surface area (Å²) in [6.45, 7) is 8.20. The van der Waals surface area contributed by atoms with Crippen LogP contribution in [0.4, 0.5) is 5.69 Å². The molecule has 0 radical (unpaired) electrons. The Morgan fingerprint density at radius 3 is 1.48 bits per heavy atom. The van der Waals surface area contributed by atoms with Gasteiger partial charge in [0.15, 0.2) is 5.69 Å². The van der Waals surface area contributed by atoms with Crippen LogP contribution < -0.4 is 0 Å². The molecular weight excluding hydrogens is 983 g/mol. The number of benzene rings is 4. The second-order valence-electron chi connectivity index (χ2n) is 21.9. The maximum absolute atomic E-state index is 11.5. The molecule has 6 fully saturated rings. The summed E-state index contributed by atoms with van der Waals surface area (Å²) in [6, 6.07) is 27.6. The van der Waals surface area contributed by atoms with E-state index in [1.807, 2.05) is 12.1 Å². The van der Waals surface area contributed by atoms with Crippen molar-refractivity contribution in [2.24, 2.45) is 0 Å². The molecule has 0 atom stereocenters. The van der Waals surface area contributed by atoms with E-state index < -0.39 is 17.2 Å². The van der Waals surface area contributed by atoms with E-state index in [4.69, 9.17) is 30.1 Å². The zero-order chi connectivity index (χ0) is 50.8. The van der Waals surface area contributed by atoms with Gasteiger partial charge >= 0.3 is 5.97 Å². The van der Waals surface area contributed by atoms with Gasteiger partial charge in [0.1, 0.15) is 44.1 Å². The molecule has 0 spiro atoms. The van der Waals surface area contributed by atoms with Gasteiger partial charge in [0.2, 0.25) is 0 Å². The number of ether oxygens (including phenoxy) is 2. The van der Waals surface area contributed by atoms with Gasteiger partial charge in [0.05, 0.1) is 53.3 Å². The van der Waals surface area contributed by atoms with Crippen LogP contribution in [0.5, 0.6) is 0 Å². The van der Waals surface area contributed by atoms with Crippen molar-refractivity contribution in [2.75, 3.05) is 0 Å². The number of carboxylic acids is 1. The summed E-state index contributed by atoms with van der Waals surface area (Å²) in [5, 5.41) is 42.7. The molecule has 0 saturated heterocycles. The number of aromatic nitrogens is 4. The Morgan fingerprint density at radius 1 is 0.600 bits per heavy atom. The highest BCUT2D eigenvalue weighted by atomic mass is 32.1. The molecule has 6 aliphatic carbocycles. The normalized spacial score (nSPS) is 23.7. The Labute approximate surface area is 442 Å². The second-order valence-corrected chi connectivity index (χ2v) is 24.0. The van der Waals surface area contributed by atoms with Crippen molar-refractivity contribution in [3.05, 3.63) is 146 Å². The van der Waals surface area contributed by atoms with Gasteiger partial charge in [0.25, 0.3) is 0 Å². The Hall–Kier alpha value is -6.12. The summed E-state index contributed by atoms with van der Waals surface area (Å²) < 4.78 is 26.5. The number of fused-ring (bicyclic) bond motifs is 2. The van der Waals surface area contributed by atoms with E-state index in [1.54, 1.807) is 24.3 Å². The number of carbonyl (C=O) groups is 1. The SMILES string of the molecule is O=C(O)c1ccc2nc(C3(O)CCC(OCc4c(-c5ccccc5C5CC5)noc4C4CC4)CC3)sc2c1.[C-]#[N+]c1ccc2nc(C3(O)CCC(OCc4c(-c5ccccc5C5CC5)noc4C4CC4)CC3)sc2c1. The molecule has 0 amide bonds. The molecule has 75 heavy (non-hydrogen) atoms. The zero-order valence-corrected chi connectivity index (χ0v) is 43.3. The van der Waals surface area contributed by atoms with Crippen molar-refractivity contribution in [1.82, 2.24) is 20.3 Å². The number of aliphatic hydroxyl groups is 2. The van der Waals surface area contributed by atoms with E-state index in [-0.39, 0.29) is 17.8 Å². The Kier molecular flexibility index (Phi) is 12.8. The van der Waals surface area contributed by atoms with Crippen LogP contribution in [0.1, 0.15) is 181 Å². The third-order valence-electron chi connectivity index (χ3n) is 16.4. The van der Waals surface area contributed by atoms with Crippen molar-refractivity contribution >= 4 is 54.8 Å². The Morgan fingerprint density at radius 2 is 1.04 bits per heavy atom. The predicted octanol–water partition coefficient (Wildman–Crippen LogP) is 14.4. The first-order chi connectivity index (χ1) is 36.6. The minimum atomic E-state index is -1.02. The van der Waals surface area contributed by atoms with E-state index in [1.165, 1.54) is 70.6 Å². The van der Waals surface area contributed by atoms with Crippen LogP contribution in [0.15, 0.2) is 94.0 Å². The smallest absolute Gasteiger partial charge is 0.335 e.